The third-order valence-corrected chi connectivity index (χ3v) is 5.90. The minimum Gasteiger partial charge on any atom is -0.344 e. The second-order valence-corrected chi connectivity index (χ2v) is 8.01. The highest BCUT2D eigenvalue weighted by atomic mass is 35.5. The number of rotatable bonds is 5. The first-order valence-corrected chi connectivity index (χ1v) is 10.1. The summed E-state index contributed by atoms with van der Waals surface area (Å²) in [7, 11) is 0. The first-order valence-electron chi connectivity index (χ1n) is 9.72. The Bertz CT molecular complexity index is 924. The van der Waals surface area contributed by atoms with E-state index in [1.54, 1.807) is 12.1 Å². The molecule has 1 aliphatic heterocycles. The first-order chi connectivity index (χ1) is 14.0. The van der Waals surface area contributed by atoms with Crippen molar-refractivity contribution in [1.82, 2.24) is 15.5 Å². The number of carbonyl (C=O) groups excluding carboxylic acids is 3. The molecule has 2 N–H and O–H groups in total. The molecule has 150 valence electrons. The molecule has 1 aliphatic carbocycles. The molecule has 2 fully saturated rings. The first kappa shape index (κ1) is 19.5. The van der Waals surface area contributed by atoms with Gasteiger partial charge in [-0.25, -0.2) is 4.79 Å². The van der Waals surface area contributed by atoms with Gasteiger partial charge in [0.25, 0.3) is 5.91 Å². The second-order valence-electron chi connectivity index (χ2n) is 7.57. The number of hydrogen-bond acceptors (Lipinski definition) is 3. The summed E-state index contributed by atoms with van der Waals surface area (Å²) in [4.78, 5) is 39.0. The van der Waals surface area contributed by atoms with Crippen LogP contribution < -0.4 is 10.6 Å². The van der Waals surface area contributed by atoms with Crippen molar-refractivity contribution in [3.8, 4) is 0 Å². The van der Waals surface area contributed by atoms with Crippen LogP contribution in [0.1, 0.15) is 42.9 Å². The van der Waals surface area contributed by atoms with Crippen LogP contribution >= 0.6 is 11.6 Å². The van der Waals surface area contributed by atoms with Gasteiger partial charge in [0.1, 0.15) is 12.1 Å². The maximum atomic E-state index is 12.8. The van der Waals surface area contributed by atoms with Crippen molar-refractivity contribution in [3.63, 3.8) is 0 Å². The van der Waals surface area contributed by atoms with Crippen LogP contribution in [0.15, 0.2) is 54.6 Å². The van der Waals surface area contributed by atoms with Gasteiger partial charge in [-0.05, 0) is 36.1 Å². The lowest BCUT2D eigenvalue weighted by molar-refractivity contribution is -0.135. The fourth-order valence-corrected chi connectivity index (χ4v) is 4.27. The summed E-state index contributed by atoms with van der Waals surface area (Å²) in [6.07, 6.45) is 3.07. The van der Waals surface area contributed by atoms with Gasteiger partial charge in [0.2, 0.25) is 5.91 Å². The van der Waals surface area contributed by atoms with Crippen molar-refractivity contribution >= 4 is 29.4 Å². The van der Waals surface area contributed by atoms with Crippen LogP contribution in [0, 0.1) is 0 Å². The van der Waals surface area contributed by atoms with Gasteiger partial charge in [-0.2, -0.15) is 0 Å². The van der Waals surface area contributed by atoms with Crippen molar-refractivity contribution < 1.29 is 14.4 Å². The minimum atomic E-state index is -0.813. The van der Waals surface area contributed by atoms with E-state index in [1.807, 2.05) is 42.5 Å². The molecular formula is C22H22ClN3O3. The van der Waals surface area contributed by atoms with Crippen LogP contribution in [0.2, 0.25) is 5.02 Å². The van der Waals surface area contributed by atoms with E-state index in [0.717, 1.165) is 28.9 Å². The Morgan fingerprint density at radius 1 is 1.03 bits per heavy atom. The molecule has 1 spiro atoms. The van der Waals surface area contributed by atoms with E-state index in [9.17, 15) is 14.4 Å². The summed E-state index contributed by atoms with van der Waals surface area (Å²) in [5, 5.41) is 6.37. The number of halogens is 1. The molecule has 0 radical (unpaired) electrons. The molecular weight excluding hydrogens is 390 g/mol. The van der Waals surface area contributed by atoms with Crippen molar-refractivity contribution in [1.29, 1.82) is 0 Å². The van der Waals surface area contributed by atoms with E-state index in [-0.39, 0.29) is 12.5 Å². The Morgan fingerprint density at radius 3 is 2.31 bits per heavy atom. The second kappa shape index (κ2) is 7.87. The maximum Gasteiger partial charge on any atom is 0.325 e. The minimum absolute atomic E-state index is 0.294. The molecule has 7 heteroatoms. The number of amides is 4. The summed E-state index contributed by atoms with van der Waals surface area (Å²) < 4.78 is 0. The van der Waals surface area contributed by atoms with Crippen LogP contribution in [-0.4, -0.2) is 34.8 Å². The third-order valence-electron chi connectivity index (χ3n) is 5.65. The van der Waals surface area contributed by atoms with E-state index in [4.69, 9.17) is 11.6 Å². The summed E-state index contributed by atoms with van der Waals surface area (Å²) in [5.41, 5.74) is 0.942. The Hall–Kier alpha value is -2.86. The van der Waals surface area contributed by atoms with E-state index < -0.39 is 23.5 Å². The normalized spacial score (nSPS) is 18.7. The molecule has 0 bridgehead atoms. The van der Waals surface area contributed by atoms with Crippen molar-refractivity contribution in [3.05, 3.63) is 70.7 Å². The average molecular weight is 412 g/mol. The van der Waals surface area contributed by atoms with Crippen LogP contribution in [0.3, 0.4) is 0 Å². The largest absolute Gasteiger partial charge is 0.344 e. The van der Waals surface area contributed by atoms with Gasteiger partial charge in [0.05, 0.1) is 6.04 Å². The number of hydrogen-bond donors (Lipinski definition) is 2. The molecule has 2 aliphatic rings. The molecule has 2 aromatic rings. The van der Waals surface area contributed by atoms with Gasteiger partial charge >= 0.3 is 6.03 Å². The Labute approximate surface area is 174 Å². The molecule has 6 nitrogen and oxygen atoms in total. The predicted octanol–water partition coefficient (Wildman–Crippen LogP) is 3.41. The van der Waals surface area contributed by atoms with Crippen molar-refractivity contribution in [2.45, 2.75) is 37.3 Å². The summed E-state index contributed by atoms with van der Waals surface area (Å²) in [5.74, 6) is -0.690. The zero-order chi connectivity index (χ0) is 20.4. The average Bonchev–Trinajstić information content (AvgIpc) is 3.28. The molecule has 4 rings (SSSR count). The van der Waals surface area contributed by atoms with E-state index >= 15 is 0 Å². The van der Waals surface area contributed by atoms with Crippen LogP contribution in [0.5, 0.6) is 0 Å². The fourth-order valence-electron chi connectivity index (χ4n) is 4.15. The Morgan fingerprint density at radius 2 is 1.66 bits per heavy atom. The standard InChI is InChI=1S/C22H22ClN3O3/c23-17-10-8-16(9-11-17)19(15-6-2-1-3-7-15)24-18(27)14-26-20(28)22(25-21(26)29)12-4-5-13-22/h1-3,6-11,19H,4-5,12-14H2,(H,24,27)(H,25,29)/t19-/m1/s1. The summed E-state index contributed by atoms with van der Waals surface area (Å²) in [6, 6.07) is 15.8. The monoisotopic (exact) mass is 411 g/mol. The zero-order valence-corrected chi connectivity index (χ0v) is 16.6. The molecule has 1 heterocycles. The fraction of sp³-hybridized carbons (Fsp3) is 0.318. The van der Waals surface area contributed by atoms with Gasteiger partial charge in [0.15, 0.2) is 0 Å². The molecule has 29 heavy (non-hydrogen) atoms. The SMILES string of the molecule is O=C(CN1C(=O)NC2(CCCC2)C1=O)N[C@H](c1ccccc1)c1ccc(Cl)cc1. The van der Waals surface area contributed by atoms with Gasteiger partial charge in [-0.3, -0.25) is 14.5 Å². The molecule has 0 aromatic heterocycles. The van der Waals surface area contributed by atoms with Crippen molar-refractivity contribution in [2.75, 3.05) is 6.54 Å². The van der Waals surface area contributed by atoms with E-state index in [2.05, 4.69) is 10.6 Å². The number of imide groups is 1. The number of carbonyl (C=O) groups is 3. The number of nitrogens with one attached hydrogen (secondary N) is 2. The quantitative estimate of drug-likeness (QED) is 0.740. The zero-order valence-electron chi connectivity index (χ0n) is 15.9. The smallest absolute Gasteiger partial charge is 0.325 e. The molecule has 1 saturated heterocycles. The van der Waals surface area contributed by atoms with Gasteiger partial charge in [0, 0.05) is 5.02 Å². The number of benzene rings is 2. The third kappa shape index (κ3) is 3.85. The van der Waals surface area contributed by atoms with E-state index in [1.165, 1.54) is 0 Å². The highest BCUT2D eigenvalue weighted by Gasteiger charge is 2.52. The van der Waals surface area contributed by atoms with Crippen molar-refractivity contribution in [2.24, 2.45) is 0 Å². The number of nitrogens with zero attached hydrogens (tertiary/aromatic N) is 1. The topological polar surface area (TPSA) is 78.5 Å². The highest BCUT2D eigenvalue weighted by Crippen LogP contribution is 2.35. The van der Waals surface area contributed by atoms with Gasteiger partial charge in [-0.15, -0.1) is 0 Å². The molecule has 0 unspecified atom stereocenters. The maximum absolute atomic E-state index is 12.8. The number of urea groups is 1. The lowest BCUT2D eigenvalue weighted by Crippen LogP contribution is -2.45. The Balaban J connectivity index is 1.52. The lowest BCUT2D eigenvalue weighted by atomic mass is 9.98. The van der Waals surface area contributed by atoms with E-state index in [0.29, 0.717) is 17.9 Å². The van der Waals surface area contributed by atoms with Crippen LogP contribution in [0.4, 0.5) is 4.79 Å². The molecule has 4 amide bonds. The van der Waals surface area contributed by atoms with Gasteiger partial charge in [-0.1, -0.05) is 66.9 Å². The predicted molar refractivity (Wildman–Crippen MR) is 109 cm³/mol. The van der Waals surface area contributed by atoms with Crippen LogP contribution in [-0.2, 0) is 9.59 Å². The van der Waals surface area contributed by atoms with Gasteiger partial charge < -0.3 is 10.6 Å². The Kier molecular flexibility index (Phi) is 5.28. The molecule has 1 saturated carbocycles. The van der Waals surface area contributed by atoms with Crippen LogP contribution in [0.25, 0.3) is 0 Å². The molecule has 1 atom stereocenters. The highest BCUT2D eigenvalue weighted by molar-refractivity contribution is 6.30. The summed E-state index contributed by atoms with van der Waals surface area (Å²) in [6.45, 7) is -0.302. The molecule has 2 aromatic carbocycles. The summed E-state index contributed by atoms with van der Waals surface area (Å²) >= 11 is 6.00. The lowest BCUT2D eigenvalue weighted by Gasteiger charge is -2.22.